The first-order chi connectivity index (χ1) is 10.1. The van der Waals surface area contributed by atoms with Crippen LogP contribution in [0.2, 0.25) is 0 Å². The molecule has 114 valence electrons. The van der Waals surface area contributed by atoms with Gasteiger partial charge in [0.25, 0.3) is 5.91 Å². The van der Waals surface area contributed by atoms with Gasteiger partial charge in [-0.2, -0.15) is 0 Å². The highest BCUT2D eigenvalue weighted by molar-refractivity contribution is 5.97. The Morgan fingerprint density at radius 3 is 2.48 bits per heavy atom. The van der Waals surface area contributed by atoms with Crippen molar-refractivity contribution in [1.29, 1.82) is 0 Å². The summed E-state index contributed by atoms with van der Waals surface area (Å²) in [5, 5.41) is 0. The van der Waals surface area contributed by atoms with Crippen molar-refractivity contribution in [3.05, 3.63) is 29.6 Å². The summed E-state index contributed by atoms with van der Waals surface area (Å²) in [6.45, 7) is 0.885. The Hall–Kier alpha value is -2.11. The van der Waals surface area contributed by atoms with Gasteiger partial charge in [-0.25, -0.2) is 4.39 Å². The zero-order valence-electron chi connectivity index (χ0n) is 12.1. The van der Waals surface area contributed by atoms with Gasteiger partial charge in [0.2, 0.25) is 0 Å². The van der Waals surface area contributed by atoms with Gasteiger partial charge in [-0.1, -0.05) is 0 Å². The molecule has 1 heterocycles. The van der Waals surface area contributed by atoms with Crippen LogP contribution in [0.3, 0.4) is 0 Å². The number of likely N-dealkylation sites (tertiary alicyclic amines) is 1. The molecule has 1 saturated heterocycles. The molecule has 0 radical (unpaired) electrons. The van der Waals surface area contributed by atoms with Gasteiger partial charge in [-0.15, -0.1) is 0 Å². The molecule has 0 saturated carbocycles. The van der Waals surface area contributed by atoms with Gasteiger partial charge < -0.3 is 14.4 Å². The minimum Gasteiger partial charge on any atom is -0.496 e. The number of piperidine rings is 1. The standard InChI is InChI=1S/C15H18FNO4/c1-20-13-4-3-11(16)9-12(13)14(18)17-7-5-10(6-8-17)15(19)21-2/h3-4,9-10H,5-8H2,1-2H3. The fraction of sp³-hybridized carbons (Fsp3) is 0.467. The number of amides is 1. The number of benzene rings is 1. The molecule has 6 heteroatoms. The van der Waals surface area contributed by atoms with Crippen molar-refractivity contribution < 1.29 is 23.5 Å². The van der Waals surface area contributed by atoms with Crippen LogP contribution in [0.5, 0.6) is 5.75 Å². The van der Waals surface area contributed by atoms with Crippen molar-refractivity contribution in [2.24, 2.45) is 5.92 Å². The van der Waals surface area contributed by atoms with E-state index in [2.05, 4.69) is 0 Å². The minimum absolute atomic E-state index is 0.173. The number of carbonyl (C=O) groups is 2. The van der Waals surface area contributed by atoms with Gasteiger partial charge in [-0.3, -0.25) is 9.59 Å². The molecule has 1 fully saturated rings. The summed E-state index contributed by atoms with van der Waals surface area (Å²) in [6, 6.07) is 3.86. The van der Waals surface area contributed by atoms with Crippen LogP contribution in [-0.4, -0.2) is 44.1 Å². The van der Waals surface area contributed by atoms with Gasteiger partial charge in [0.1, 0.15) is 11.6 Å². The van der Waals surface area contributed by atoms with Gasteiger partial charge in [0.05, 0.1) is 25.7 Å². The Kier molecular flexibility index (Phi) is 4.77. The van der Waals surface area contributed by atoms with Crippen LogP contribution in [0.1, 0.15) is 23.2 Å². The van der Waals surface area contributed by atoms with Crippen LogP contribution in [0, 0.1) is 11.7 Å². The summed E-state index contributed by atoms with van der Waals surface area (Å²) in [6.07, 6.45) is 1.10. The number of ether oxygens (including phenoxy) is 2. The number of hydrogen-bond donors (Lipinski definition) is 0. The smallest absolute Gasteiger partial charge is 0.308 e. The highest BCUT2D eigenvalue weighted by Crippen LogP contribution is 2.24. The molecular weight excluding hydrogens is 277 g/mol. The Balaban J connectivity index is 2.09. The monoisotopic (exact) mass is 295 g/mol. The summed E-state index contributed by atoms with van der Waals surface area (Å²) < 4.78 is 23.1. The maximum Gasteiger partial charge on any atom is 0.308 e. The Bertz CT molecular complexity index is 538. The molecule has 21 heavy (non-hydrogen) atoms. The second kappa shape index (κ2) is 6.56. The molecule has 0 N–H and O–H groups in total. The number of carbonyl (C=O) groups excluding carboxylic acids is 2. The lowest BCUT2D eigenvalue weighted by Crippen LogP contribution is -2.40. The van der Waals surface area contributed by atoms with Crippen LogP contribution < -0.4 is 4.74 Å². The molecule has 2 rings (SSSR count). The second-order valence-electron chi connectivity index (χ2n) is 4.93. The zero-order chi connectivity index (χ0) is 15.4. The number of esters is 1. The van der Waals surface area contributed by atoms with Crippen LogP contribution in [-0.2, 0) is 9.53 Å². The summed E-state index contributed by atoms with van der Waals surface area (Å²) in [4.78, 5) is 25.5. The molecule has 5 nitrogen and oxygen atoms in total. The molecule has 1 aromatic rings. The van der Waals surface area contributed by atoms with Crippen molar-refractivity contribution in [3.63, 3.8) is 0 Å². The van der Waals surface area contributed by atoms with Crippen LogP contribution in [0.25, 0.3) is 0 Å². The predicted octanol–water partition coefficient (Wildman–Crippen LogP) is 1.86. The molecule has 0 aromatic heterocycles. The Labute approximate surface area is 122 Å². The Morgan fingerprint density at radius 1 is 1.24 bits per heavy atom. The van der Waals surface area contributed by atoms with E-state index in [1.807, 2.05) is 0 Å². The van der Waals surface area contributed by atoms with E-state index in [0.29, 0.717) is 31.7 Å². The topological polar surface area (TPSA) is 55.8 Å². The van der Waals surface area contributed by atoms with E-state index in [1.165, 1.54) is 32.4 Å². The van der Waals surface area contributed by atoms with E-state index in [1.54, 1.807) is 4.90 Å². The third-order valence-electron chi connectivity index (χ3n) is 3.71. The lowest BCUT2D eigenvalue weighted by Gasteiger charge is -2.31. The van der Waals surface area contributed by atoms with E-state index in [-0.39, 0.29) is 23.4 Å². The molecule has 0 unspecified atom stereocenters. The molecule has 0 bridgehead atoms. The lowest BCUT2D eigenvalue weighted by atomic mass is 9.96. The SMILES string of the molecule is COC(=O)C1CCN(C(=O)c2cc(F)ccc2OC)CC1. The quantitative estimate of drug-likeness (QED) is 0.799. The van der Waals surface area contributed by atoms with Crippen molar-refractivity contribution in [1.82, 2.24) is 4.90 Å². The maximum atomic E-state index is 13.3. The Morgan fingerprint density at radius 2 is 1.90 bits per heavy atom. The van der Waals surface area contributed by atoms with Gasteiger partial charge >= 0.3 is 5.97 Å². The van der Waals surface area contributed by atoms with Crippen molar-refractivity contribution in [2.75, 3.05) is 27.3 Å². The van der Waals surface area contributed by atoms with E-state index in [4.69, 9.17) is 9.47 Å². The number of methoxy groups -OCH3 is 2. The fourth-order valence-electron chi connectivity index (χ4n) is 2.50. The number of hydrogen-bond acceptors (Lipinski definition) is 4. The van der Waals surface area contributed by atoms with Gasteiger partial charge in [0.15, 0.2) is 0 Å². The molecule has 1 aliphatic heterocycles. The minimum atomic E-state index is -0.483. The molecular formula is C15H18FNO4. The van der Waals surface area contributed by atoms with Crippen LogP contribution >= 0.6 is 0 Å². The van der Waals surface area contributed by atoms with Crippen molar-refractivity contribution in [2.45, 2.75) is 12.8 Å². The molecule has 1 amide bonds. The van der Waals surface area contributed by atoms with Crippen molar-refractivity contribution in [3.8, 4) is 5.75 Å². The molecule has 0 aliphatic carbocycles. The summed E-state index contributed by atoms with van der Waals surface area (Å²) in [7, 11) is 2.80. The normalized spacial score (nSPS) is 15.7. The van der Waals surface area contributed by atoms with E-state index >= 15 is 0 Å². The van der Waals surface area contributed by atoms with Gasteiger partial charge in [0, 0.05) is 13.1 Å². The third kappa shape index (κ3) is 3.32. The first-order valence-corrected chi connectivity index (χ1v) is 6.77. The highest BCUT2D eigenvalue weighted by atomic mass is 19.1. The first kappa shape index (κ1) is 15.3. The number of nitrogens with zero attached hydrogens (tertiary/aromatic N) is 1. The molecule has 1 aliphatic rings. The molecule has 1 aromatic carbocycles. The number of rotatable bonds is 3. The summed E-state index contributed by atoms with van der Waals surface area (Å²) in [5.41, 5.74) is 0.203. The van der Waals surface area contributed by atoms with E-state index in [0.717, 1.165) is 0 Å². The largest absolute Gasteiger partial charge is 0.496 e. The average Bonchev–Trinajstić information content (AvgIpc) is 2.53. The highest BCUT2D eigenvalue weighted by Gasteiger charge is 2.29. The fourth-order valence-corrected chi connectivity index (χ4v) is 2.50. The molecule has 0 spiro atoms. The zero-order valence-corrected chi connectivity index (χ0v) is 12.1. The number of halogens is 1. The van der Waals surface area contributed by atoms with Crippen LogP contribution in [0.15, 0.2) is 18.2 Å². The summed E-state index contributed by atoms with van der Waals surface area (Å²) >= 11 is 0. The van der Waals surface area contributed by atoms with E-state index in [9.17, 15) is 14.0 Å². The molecule has 0 atom stereocenters. The third-order valence-corrected chi connectivity index (χ3v) is 3.71. The lowest BCUT2D eigenvalue weighted by molar-refractivity contribution is -0.146. The second-order valence-corrected chi connectivity index (χ2v) is 4.93. The summed E-state index contributed by atoms with van der Waals surface area (Å²) in [5.74, 6) is -0.839. The predicted molar refractivity (Wildman–Crippen MR) is 73.6 cm³/mol. The maximum absolute atomic E-state index is 13.3. The average molecular weight is 295 g/mol. The van der Waals surface area contributed by atoms with Gasteiger partial charge in [-0.05, 0) is 31.0 Å². The first-order valence-electron chi connectivity index (χ1n) is 6.77. The van der Waals surface area contributed by atoms with Crippen LogP contribution in [0.4, 0.5) is 4.39 Å². The van der Waals surface area contributed by atoms with E-state index < -0.39 is 5.82 Å². The van der Waals surface area contributed by atoms with Crippen molar-refractivity contribution >= 4 is 11.9 Å².